The molecule has 0 aliphatic carbocycles. The van der Waals surface area contributed by atoms with Crippen LogP contribution < -0.4 is 4.90 Å². The van der Waals surface area contributed by atoms with Crippen LogP contribution in [0.3, 0.4) is 0 Å². The second-order valence-electron chi connectivity index (χ2n) is 6.02. The summed E-state index contributed by atoms with van der Waals surface area (Å²) in [5, 5.41) is 0.538. The number of rotatable bonds is 6. The quantitative estimate of drug-likeness (QED) is 0.502. The molecule has 136 valence electrons. The zero-order valence-corrected chi connectivity index (χ0v) is 15.6. The minimum Gasteiger partial charge on any atom is -0.444 e. The molecule has 0 fully saturated rings. The van der Waals surface area contributed by atoms with Gasteiger partial charge in [-0.2, -0.15) is 0 Å². The van der Waals surface area contributed by atoms with Gasteiger partial charge in [0.1, 0.15) is 6.61 Å². The molecule has 27 heavy (non-hydrogen) atoms. The highest BCUT2D eigenvalue weighted by Gasteiger charge is 2.19. The Kier molecular flexibility index (Phi) is 6.29. The number of carbonyl (C=O) groups is 1. The Hall–Kier alpha value is -3.04. The molecule has 1 amide bonds. The number of hydrogen-bond acceptors (Lipinski definition) is 2. The molecule has 3 nitrogen and oxygen atoms in total. The number of anilines is 1. The average molecular weight is 378 g/mol. The molecule has 3 aromatic rings. The van der Waals surface area contributed by atoms with Crippen LogP contribution in [0.5, 0.6) is 0 Å². The molecular weight excluding hydrogens is 358 g/mol. The van der Waals surface area contributed by atoms with Crippen molar-refractivity contribution in [1.82, 2.24) is 0 Å². The van der Waals surface area contributed by atoms with Crippen LogP contribution in [0.25, 0.3) is 6.08 Å². The molecule has 0 aromatic heterocycles. The van der Waals surface area contributed by atoms with E-state index in [0.29, 0.717) is 17.3 Å². The van der Waals surface area contributed by atoms with E-state index in [2.05, 4.69) is 6.58 Å². The first-order valence-electron chi connectivity index (χ1n) is 8.61. The van der Waals surface area contributed by atoms with Crippen LogP contribution in [0, 0.1) is 0 Å². The van der Waals surface area contributed by atoms with Gasteiger partial charge in [0.15, 0.2) is 0 Å². The van der Waals surface area contributed by atoms with Gasteiger partial charge < -0.3 is 4.74 Å². The average Bonchev–Trinajstić information content (AvgIpc) is 2.72. The summed E-state index contributed by atoms with van der Waals surface area (Å²) in [6, 6.07) is 24.8. The second-order valence-corrected chi connectivity index (χ2v) is 6.43. The molecule has 0 atom stereocenters. The largest absolute Gasteiger partial charge is 0.444 e. The highest BCUT2D eigenvalue weighted by atomic mass is 35.5. The fourth-order valence-electron chi connectivity index (χ4n) is 2.67. The fraction of sp³-hybridized carbons (Fsp3) is 0.0870. The Morgan fingerprint density at radius 1 is 0.963 bits per heavy atom. The van der Waals surface area contributed by atoms with Crippen LogP contribution in [0.1, 0.15) is 16.7 Å². The third kappa shape index (κ3) is 4.99. The summed E-state index contributed by atoms with van der Waals surface area (Å²) in [5.41, 5.74) is 3.42. The highest BCUT2D eigenvalue weighted by molar-refractivity contribution is 6.32. The molecule has 0 saturated heterocycles. The van der Waals surface area contributed by atoms with Crippen molar-refractivity contribution >= 4 is 29.5 Å². The summed E-state index contributed by atoms with van der Waals surface area (Å²) in [4.78, 5) is 14.4. The summed E-state index contributed by atoms with van der Waals surface area (Å²) in [7, 11) is 0. The molecule has 0 saturated carbocycles. The van der Waals surface area contributed by atoms with Gasteiger partial charge in [-0.3, -0.25) is 4.90 Å². The minimum atomic E-state index is -0.426. The van der Waals surface area contributed by atoms with E-state index in [0.717, 1.165) is 16.7 Å². The summed E-state index contributed by atoms with van der Waals surface area (Å²) in [6.07, 6.45) is 1.26. The summed E-state index contributed by atoms with van der Waals surface area (Å²) < 4.78 is 5.54. The number of hydrogen-bond donors (Lipinski definition) is 0. The van der Waals surface area contributed by atoms with E-state index in [9.17, 15) is 4.79 Å². The van der Waals surface area contributed by atoms with Crippen LogP contribution >= 0.6 is 11.6 Å². The van der Waals surface area contributed by atoms with Crippen molar-refractivity contribution in [2.75, 3.05) is 4.90 Å². The van der Waals surface area contributed by atoms with E-state index in [1.165, 1.54) is 0 Å². The lowest BCUT2D eigenvalue weighted by Crippen LogP contribution is -2.31. The van der Waals surface area contributed by atoms with Gasteiger partial charge >= 0.3 is 6.09 Å². The van der Waals surface area contributed by atoms with E-state index < -0.39 is 6.09 Å². The summed E-state index contributed by atoms with van der Waals surface area (Å²) in [6.45, 7) is 4.34. The maximum atomic E-state index is 12.8. The van der Waals surface area contributed by atoms with Gasteiger partial charge in [-0.1, -0.05) is 91.0 Å². The van der Waals surface area contributed by atoms with Crippen LogP contribution in [-0.2, 0) is 17.9 Å². The Balaban J connectivity index is 1.83. The van der Waals surface area contributed by atoms with Crippen LogP contribution in [0.15, 0.2) is 85.4 Å². The molecular formula is C23H20ClNO2. The highest BCUT2D eigenvalue weighted by Crippen LogP contribution is 2.26. The third-order valence-corrected chi connectivity index (χ3v) is 4.45. The van der Waals surface area contributed by atoms with Gasteiger partial charge in [-0.15, -0.1) is 0 Å². The molecule has 3 rings (SSSR count). The molecule has 0 radical (unpaired) electrons. The zero-order valence-electron chi connectivity index (χ0n) is 14.8. The lowest BCUT2D eigenvalue weighted by Gasteiger charge is -2.23. The number of halogens is 1. The molecule has 3 aromatic carbocycles. The standard InChI is InChI=1S/C23H20ClNO2/c1-2-20-13-14-21(15-22(20)24)25(16-18-9-5-3-6-10-18)23(26)27-17-19-11-7-4-8-12-19/h2-15H,1,16-17H2. The smallest absolute Gasteiger partial charge is 0.414 e. The van der Waals surface area contributed by atoms with Crippen molar-refractivity contribution in [1.29, 1.82) is 0 Å². The lowest BCUT2D eigenvalue weighted by molar-refractivity contribution is 0.146. The van der Waals surface area contributed by atoms with Crippen molar-refractivity contribution in [3.8, 4) is 0 Å². The van der Waals surface area contributed by atoms with Crippen molar-refractivity contribution < 1.29 is 9.53 Å². The van der Waals surface area contributed by atoms with Crippen LogP contribution in [0.2, 0.25) is 5.02 Å². The zero-order chi connectivity index (χ0) is 19.1. The Labute approximate surface area is 164 Å². The van der Waals surface area contributed by atoms with Gasteiger partial charge in [0, 0.05) is 10.7 Å². The van der Waals surface area contributed by atoms with E-state index in [1.54, 1.807) is 17.0 Å². The predicted octanol–water partition coefficient (Wildman–Crippen LogP) is 6.33. The molecule has 0 heterocycles. The van der Waals surface area contributed by atoms with E-state index in [4.69, 9.17) is 16.3 Å². The summed E-state index contributed by atoms with van der Waals surface area (Å²) >= 11 is 6.30. The van der Waals surface area contributed by atoms with Gasteiger partial charge in [0.25, 0.3) is 0 Å². The third-order valence-electron chi connectivity index (χ3n) is 4.12. The number of ether oxygens (including phenoxy) is 1. The Morgan fingerprint density at radius 3 is 2.19 bits per heavy atom. The number of amides is 1. The first-order chi connectivity index (χ1) is 13.2. The van der Waals surface area contributed by atoms with Gasteiger partial charge in [0.05, 0.1) is 6.54 Å². The second kappa shape index (κ2) is 9.06. The minimum absolute atomic E-state index is 0.212. The fourth-order valence-corrected chi connectivity index (χ4v) is 2.93. The van der Waals surface area contributed by atoms with E-state index in [-0.39, 0.29) is 6.61 Å². The number of carbonyl (C=O) groups excluding carboxylic acids is 1. The van der Waals surface area contributed by atoms with Gasteiger partial charge in [0.2, 0.25) is 0 Å². The summed E-state index contributed by atoms with van der Waals surface area (Å²) in [5.74, 6) is 0. The number of benzene rings is 3. The van der Waals surface area contributed by atoms with Crippen LogP contribution in [0.4, 0.5) is 10.5 Å². The first-order valence-corrected chi connectivity index (χ1v) is 8.99. The maximum absolute atomic E-state index is 12.8. The van der Waals surface area contributed by atoms with E-state index >= 15 is 0 Å². The molecule has 0 aliphatic heterocycles. The van der Waals surface area contributed by atoms with E-state index in [1.807, 2.05) is 72.8 Å². The van der Waals surface area contributed by atoms with Crippen molar-refractivity contribution in [3.05, 3.63) is 107 Å². The van der Waals surface area contributed by atoms with Crippen molar-refractivity contribution in [2.24, 2.45) is 0 Å². The van der Waals surface area contributed by atoms with Crippen molar-refractivity contribution in [2.45, 2.75) is 13.2 Å². The normalized spacial score (nSPS) is 10.3. The lowest BCUT2D eigenvalue weighted by atomic mass is 10.1. The Bertz CT molecular complexity index is 910. The number of nitrogens with zero attached hydrogens (tertiary/aromatic N) is 1. The molecule has 0 spiro atoms. The molecule has 0 unspecified atom stereocenters. The molecule has 0 N–H and O–H groups in total. The van der Waals surface area contributed by atoms with Gasteiger partial charge in [-0.05, 0) is 28.8 Å². The monoisotopic (exact) mass is 377 g/mol. The first kappa shape index (κ1) is 18.7. The maximum Gasteiger partial charge on any atom is 0.414 e. The Morgan fingerprint density at radius 2 is 1.59 bits per heavy atom. The van der Waals surface area contributed by atoms with Crippen molar-refractivity contribution in [3.63, 3.8) is 0 Å². The topological polar surface area (TPSA) is 29.5 Å². The SMILES string of the molecule is C=Cc1ccc(N(Cc2ccccc2)C(=O)OCc2ccccc2)cc1Cl. The van der Waals surface area contributed by atoms with Gasteiger partial charge in [-0.25, -0.2) is 4.79 Å². The molecule has 4 heteroatoms. The van der Waals surface area contributed by atoms with Crippen LogP contribution in [-0.4, -0.2) is 6.09 Å². The molecule has 0 bridgehead atoms. The predicted molar refractivity (Wildman–Crippen MR) is 111 cm³/mol. The molecule has 0 aliphatic rings.